The molecule has 0 aliphatic carbocycles. The normalized spacial score (nSPS) is 16.8. The van der Waals surface area contributed by atoms with E-state index >= 15 is 0 Å². The average Bonchev–Trinajstić information content (AvgIpc) is 3.11. The fourth-order valence-corrected chi connectivity index (χ4v) is 2.80. The molecule has 132 valence electrons. The number of ether oxygens (including phenoxy) is 1. The number of benzene rings is 1. The van der Waals surface area contributed by atoms with Gasteiger partial charge in [0, 0.05) is 31.4 Å². The van der Waals surface area contributed by atoms with Crippen LogP contribution in [-0.4, -0.2) is 42.9 Å². The summed E-state index contributed by atoms with van der Waals surface area (Å²) in [6.07, 6.45) is 0.930. The van der Waals surface area contributed by atoms with Crippen LogP contribution in [0.2, 0.25) is 0 Å². The number of hydrogen-bond donors (Lipinski definition) is 1. The molecule has 0 spiro atoms. The number of methoxy groups -OCH3 is 1. The van der Waals surface area contributed by atoms with Crippen LogP contribution in [0, 0.1) is 17.6 Å². The second-order valence-electron chi connectivity index (χ2n) is 5.88. The summed E-state index contributed by atoms with van der Waals surface area (Å²) in [5.41, 5.74) is 0.835. The third kappa shape index (κ3) is 4.01. The van der Waals surface area contributed by atoms with Crippen LogP contribution in [0.25, 0.3) is 0 Å². The molecule has 2 aromatic rings. The highest BCUT2D eigenvalue weighted by Crippen LogP contribution is 2.25. The van der Waals surface area contributed by atoms with Gasteiger partial charge in [0.1, 0.15) is 5.82 Å². The number of rotatable bonds is 5. The Balaban J connectivity index is 1.53. The van der Waals surface area contributed by atoms with Gasteiger partial charge in [0.05, 0.1) is 7.11 Å². The highest BCUT2D eigenvalue weighted by molar-refractivity contribution is 5.86. The summed E-state index contributed by atoms with van der Waals surface area (Å²) >= 11 is 0. The highest BCUT2D eigenvalue weighted by atomic mass is 19.2. The van der Waals surface area contributed by atoms with Crippen LogP contribution in [0.4, 0.5) is 20.3 Å². The lowest BCUT2D eigenvalue weighted by Crippen LogP contribution is -2.23. The maximum absolute atomic E-state index is 13.4. The molecule has 0 saturated carbocycles. The number of nitrogens with zero attached hydrogens (tertiary/aromatic N) is 3. The zero-order chi connectivity index (χ0) is 17.8. The molecular formula is C17H18F2N4O2. The summed E-state index contributed by atoms with van der Waals surface area (Å²) in [7, 11) is 1.29. The van der Waals surface area contributed by atoms with Crippen molar-refractivity contribution in [3.05, 3.63) is 47.7 Å². The Bertz CT molecular complexity index is 755. The molecule has 1 N–H and O–H groups in total. The van der Waals surface area contributed by atoms with E-state index in [9.17, 15) is 13.6 Å². The van der Waals surface area contributed by atoms with Gasteiger partial charge >= 0.3 is 5.97 Å². The van der Waals surface area contributed by atoms with Crippen LogP contribution in [0.3, 0.4) is 0 Å². The van der Waals surface area contributed by atoms with Gasteiger partial charge in [-0.2, -0.15) is 0 Å². The van der Waals surface area contributed by atoms with E-state index in [1.54, 1.807) is 18.2 Å². The molecule has 1 atom stereocenters. The lowest BCUT2D eigenvalue weighted by Gasteiger charge is -2.19. The second-order valence-corrected chi connectivity index (χ2v) is 5.88. The van der Waals surface area contributed by atoms with E-state index in [2.05, 4.69) is 20.3 Å². The van der Waals surface area contributed by atoms with Crippen molar-refractivity contribution in [3.63, 3.8) is 0 Å². The number of anilines is 2. The maximum atomic E-state index is 13.4. The molecule has 1 saturated heterocycles. The molecule has 0 bridgehead atoms. The van der Waals surface area contributed by atoms with Gasteiger partial charge in [-0.15, -0.1) is 10.2 Å². The van der Waals surface area contributed by atoms with E-state index in [-0.39, 0.29) is 5.69 Å². The molecule has 1 fully saturated rings. The molecule has 0 radical (unpaired) electrons. The van der Waals surface area contributed by atoms with Crippen molar-refractivity contribution in [1.29, 1.82) is 0 Å². The number of halogens is 2. The molecule has 1 aliphatic heterocycles. The third-order valence-electron chi connectivity index (χ3n) is 4.19. The predicted octanol–water partition coefficient (Wildman–Crippen LogP) is 2.48. The van der Waals surface area contributed by atoms with E-state index < -0.39 is 17.6 Å². The van der Waals surface area contributed by atoms with Gasteiger partial charge in [0.15, 0.2) is 17.3 Å². The van der Waals surface area contributed by atoms with E-state index in [0.29, 0.717) is 24.0 Å². The van der Waals surface area contributed by atoms with Crippen LogP contribution in [-0.2, 0) is 4.74 Å². The molecule has 1 aromatic carbocycles. The van der Waals surface area contributed by atoms with Gasteiger partial charge in [-0.3, -0.25) is 0 Å². The number of nitrogens with one attached hydrogen (secondary N) is 1. The Kier molecular flexibility index (Phi) is 5.06. The Labute approximate surface area is 143 Å². The molecule has 2 heterocycles. The Hall–Kier alpha value is -2.77. The summed E-state index contributed by atoms with van der Waals surface area (Å²) in [5.74, 6) is -1.29. The predicted molar refractivity (Wildman–Crippen MR) is 88.5 cm³/mol. The largest absolute Gasteiger partial charge is 0.464 e. The Morgan fingerprint density at radius 2 is 2.12 bits per heavy atom. The van der Waals surface area contributed by atoms with Crippen molar-refractivity contribution in [2.24, 2.45) is 5.92 Å². The van der Waals surface area contributed by atoms with Crippen molar-refractivity contribution in [2.75, 3.05) is 37.0 Å². The van der Waals surface area contributed by atoms with Crippen LogP contribution in [0.1, 0.15) is 16.9 Å². The van der Waals surface area contributed by atoms with E-state index in [4.69, 9.17) is 0 Å². The lowest BCUT2D eigenvalue weighted by atomic mass is 10.1. The first kappa shape index (κ1) is 17.1. The van der Waals surface area contributed by atoms with Gasteiger partial charge < -0.3 is 15.0 Å². The van der Waals surface area contributed by atoms with Gasteiger partial charge in [0.25, 0.3) is 0 Å². The highest BCUT2D eigenvalue weighted by Gasteiger charge is 2.23. The van der Waals surface area contributed by atoms with Crippen LogP contribution in [0.5, 0.6) is 0 Å². The van der Waals surface area contributed by atoms with Crippen LogP contribution in [0.15, 0.2) is 30.3 Å². The van der Waals surface area contributed by atoms with Crippen LogP contribution >= 0.6 is 0 Å². The fraction of sp³-hybridized carbons (Fsp3) is 0.353. The molecular weight excluding hydrogens is 330 g/mol. The Morgan fingerprint density at radius 1 is 1.28 bits per heavy atom. The molecule has 0 unspecified atom stereocenters. The first-order valence-electron chi connectivity index (χ1n) is 7.92. The van der Waals surface area contributed by atoms with Crippen molar-refractivity contribution in [3.8, 4) is 0 Å². The summed E-state index contributed by atoms with van der Waals surface area (Å²) in [5, 5.41) is 10.9. The van der Waals surface area contributed by atoms with Crippen molar-refractivity contribution >= 4 is 17.5 Å². The summed E-state index contributed by atoms with van der Waals surface area (Å²) in [4.78, 5) is 13.3. The minimum atomic E-state index is -0.838. The topological polar surface area (TPSA) is 67.3 Å². The molecule has 0 amide bonds. The van der Waals surface area contributed by atoms with Crippen molar-refractivity contribution in [2.45, 2.75) is 6.42 Å². The van der Waals surface area contributed by atoms with Gasteiger partial charge in [0.2, 0.25) is 0 Å². The zero-order valence-electron chi connectivity index (χ0n) is 13.7. The maximum Gasteiger partial charge on any atom is 0.358 e. The number of esters is 1. The zero-order valence-corrected chi connectivity index (χ0v) is 13.7. The van der Waals surface area contributed by atoms with E-state index in [1.807, 2.05) is 4.90 Å². The van der Waals surface area contributed by atoms with Gasteiger partial charge in [-0.05, 0) is 36.6 Å². The fourth-order valence-electron chi connectivity index (χ4n) is 2.80. The molecule has 8 heteroatoms. The van der Waals surface area contributed by atoms with Crippen molar-refractivity contribution in [1.82, 2.24) is 10.2 Å². The molecule has 25 heavy (non-hydrogen) atoms. The first-order chi connectivity index (χ1) is 12.1. The van der Waals surface area contributed by atoms with E-state index in [0.717, 1.165) is 25.6 Å². The molecule has 6 nitrogen and oxygen atoms in total. The lowest BCUT2D eigenvalue weighted by molar-refractivity contribution is 0.0592. The molecule has 1 aliphatic rings. The average molecular weight is 348 g/mol. The third-order valence-corrected chi connectivity index (χ3v) is 4.19. The monoisotopic (exact) mass is 348 g/mol. The quantitative estimate of drug-likeness (QED) is 0.838. The SMILES string of the molecule is COC(=O)c1ccc(NC[C@H]2CCN(c3ccc(F)c(F)c3)C2)nn1. The number of carbonyl (C=O) groups excluding carboxylic acids is 1. The first-order valence-corrected chi connectivity index (χ1v) is 7.92. The van der Waals surface area contributed by atoms with Crippen molar-refractivity contribution < 1.29 is 18.3 Å². The minimum absolute atomic E-state index is 0.151. The van der Waals surface area contributed by atoms with E-state index in [1.165, 1.54) is 13.2 Å². The second kappa shape index (κ2) is 7.42. The Morgan fingerprint density at radius 3 is 2.80 bits per heavy atom. The smallest absolute Gasteiger partial charge is 0.358 e. The minimum Gasteiger partial charge on any atom is -0.464 e. The number of hydrogen-bond acceptors (Lipinski definition) is 6. The standard InChI is InChI=1S/C17H18F2N4O2/c1-25-17(24)15-4-5-16(22-21-15)20-9-11-6-7-23(10-11)12-2-3-13(18)14(19)8-12/h2-5,8,11H,6-7,9-10H2,1H3,(H,20,22)/t11-/m1/s1. The van der Waals surface area contributed by atoms with Gasteiger partial charge in [-0.25, -0.2) is 13.6 Å². The molecule has 3 rings (SSSR count). The number of aromatic nitrogens is 2. The molecule has 1 aromatic heterocycles. The van der Waals surface area contributed by atoms with Gasteiger partial charge in [-0.1, -0.05) is 0 Å². The van der Waals surface area contributed by atoms with Crippen LogP contribution < -0.4 is 10.2 Å². The summed E-state index contributed by atoms with van der Waals surface area (Å²) < 4.78 is 30.9. The summed E-state index contributed by atoms with van der Waals surface area (Å²) in [6, 6.07) is 7.17. The summed E-state index contributed by atoms with van der Waals surface area (Å²) in [6.45, 7) is 2.20. The number of carbonyl (C=O) groups is 1.